The number of ether oxygens (including phenoxy) is 1. The Morgan fingerprint density at radius 2 is 1.36 bits per heavy atom. The molecule has 0 rings (SSSR count). The first-order chi connectivity index (χ1) is 10.6. The quantitative estimate of drug-likeness (QED) is 0.258. The lowest BCUT2D eigenvalue weighted by molar-refractivity contribution is -0.0651. The van der Waals surface area contributed by atoms with E-state index in [0.717, 1.165) is 19.3 Å². The van der Waals surface area contributed by atoms with Gasteiger partial charge in [-0.1, -0.05) is 71.1 Å². The van der Waals surface area contributed by atoms with Crippen molar-refractivity contribution in [1.82, 2.24) is 0 Å². The van der Waals surface area contributed by atoms with Crippen LogP contribution in [-0.4, -0.2) is 41.8 Å². The molecule has 0 saturated heterocycles. The Labute approximate surface area is 136 Å². The minimum absolute atomic E-state index is 0.208. The molecule has 0 fully saturated rings. The molecular formula is C17H38N2O3. The van der Waals surface area contributed by atoms with Crippen LogP contribution in [0.1, 0.15) is 77.6 Å². The zero-order valence-electron chi connectivity index (χ0n) is 14.4. The first-order valence-corrected chi connectivity index (χ1v) is 9.03. The third-order valence-electron chi connectivity index (χ3n) is 3.96. The van der Waals surface area contributed by atoms with Gasteiger partial charge in [0.2, 0.25) is 0 Å². The largest absolute Gasteiger partial charge is 0.394 e. The van der Waals surface area contributed by atoms with E-state index >= 15 is 0 Å². The van der Waals surface area contributed by atoms with Crippen LogP contribution in [0.3, 0.4) is 0 Å². The maximum Gasteiger partial charge on any atom is 0.103 e. The molecule has 0 aromatic rings. The summed E-state index contributed by atoms with van der Waals surface area (Å²) in [6.07, 6.45) is 11.7. The molecule has 134 valence electrons. The summed E-state index contributed by atoms with van der Waals surface area (Å²) in [5.74, 6) is 0. The highest BCUT2D eigenvalue weighted by Crippen LogP contribution is 2.14. The topological polar surface area (TPSA) is 102 Å². The van der Waals surface area contributed by atoms with Gasteiger partial charge in [0, 0.05) is 0 Å². The van der Waals surface area contributed by atoms with Gasteiger partial charge in [0.15, 0.2) is 0 Å². The van der Waals surface area contributed by atoms with E-state index in [1.807, 2.05) is 0 Å². The van der Waals surface area contributed by atoms with Gasteiger partial charge in [-0.3, -0.25) is 0 Å². The Kier molecular flexibility index (Phi) is 15.5. The molecule has 5 heteroatoms. The van der Waals surface area contributed by atoms with Crippen LogP contribution >= 0.6 is 0 Å². The van der Waals surface area contributed by atoms with Crippen LogP contribution in [-0.2, 0) is 4.74 Å². The number of rotatable bonds is 16. The predicted molar refractivity (Wildman–Crippen MR) is 91.5 cm³/mol. The minimum atomic E-state index is -0.850. The second-order valence-corrected chi connectivity index (χ2v) is 6.26. The summed E-state index contributed by atoms with van der Waals surface area (Å²) in [4.78, 5) is 0. The van der Waals surface area contributed by atoms with Crippen LogP contribution in [0, 0.1) is 0 Å². The van der Waals surface area contributed by atoms with E-state index in [-0.39, 0.29) is 19.3 Å². The van der Waals surface area contributed by atoms with Crippen LogP contribution < -0.4 is 11.5 Å². The van der Waals surface area contributed by atoms with Crippen LogP contribution in [0.4, 0.5) is 0 Å². The molecule has 0 aromatic carbocycles. The van der Waals surface area contributed by atoms with Gasteiger partial charge in [0.1, 0.15) is 6.10 Å². The Morgan fingerprint density at radius 3 is 1.82 bits per heavy atom. The Hall–Kier alpha value is -0.200. The molecule has 0 bridgehead atoms. The third kappa shape index (κ3) is 13.5. The van der Waals surface area contributed by atoms with Gasteiger partial charge < -0.3 is 26.4 Å². The second-order valence-electron chi connectivity index (χ2n) is 6.26. The molecule has 0 aliphatic heterocycles. The average Bonchev–Trinajstić information content (AvgIpc) is 2.51. The molecule has 0 spiro atoms. The SMILES string of the molecule is CCCCCCCCCCCCC(OCC(N)N)C(O)CO. The maximum absolute atomic E-state index is 9.72. The van der Waals surface area contributed by atoms with Crippen molar-refractivity contribution in [1.29, 1.82) is 0 Å². The van der Waals surface area contributed by atoms with E-state index in [1.54, 1.807) is 0 Å². The van der Waals surface area contributed by atoms with E-state index in [2.05, 4.69) is 6.92 Å². The van der Waals surface area contributed by atoms with Crippen LogP contribution in [0.25, 0.3) is 0 Å². The first kappa shape index (κ1) is 21.8. The molecule has 22 heavy (non-hydrogen) atoms. The lowest BCUT2D eigenvalue weighted by Gasteiger charge is -2.23. The molecule has 2 unspecified atom stereocenters. The van der Waals surface area contributed by atoms with Crippen molar-refractivity contribution in [3.8, 4) is 0 Å². The van der Waals surface area contributed by atoms with Gasteiger partial charge in [-0.15, -0.1) is 0 Å². The Morgan fingerprint density at radius 1 is 0.864 bits per heavy atom. The molecule has 0 heterocycles. The molecule has 0 aliphatic carbocycles. The fourth-order valence-corrected chi connectivity index (χ4v) is 2.57. The summed E-state index contributed by atoms with van der Waals surface area (Å²) in [7, 11) is 0. The molecule has 0 aromatic heterocycles. The summed E-state index contributed by atoms with van der Waals surface area (Å²) in [6, 6.07) is 0. The Balaban J connectivity index is 3.54. The van der Waals surface area contributed by atoms with E-state index in [4.69, 9.17) is 21.3 Å². The van der Waals surface area contributed by atoms with E-state index in [1.165, 1.54) is 51.4 Å². The highest BCUT2D eigenvalue weighted by Gasteiger charge is 2.19. The summed E-state index contributed by atoms with van der Waals surface area (Å²) in [5.41, 5.74) is 10.9. The van der Waals surface area contributed by atoms with Crippen LogP contribution in [0.5, 0.6) is 0 Å². The van der Waals surface area contributed by atoms with E-state index in [0.29, 0.717) is 0 Å². The van der Waals surface area contributed by atoms with Crippen molar-refractivity contribution < 1.29 is 14.9 Å². The van der Waals surface area contributed by atoms with Gasteiger partial charge in [0.05, 0.1) is 25.5 Å². The molecule has 5 nitrogen and oxygen atoms in total. The van der Waals surface area contributed by atoms with Crippen molar-refractivity contribution in [2.24, 2.45) is 11.5 Å². The van der Waals surface area contributed by atoms with Gasteiger partial charge in [0.25, 0.3) is 0 Å². The van der Waals surface area contributed by atoms with Crippen molar-refractivity contribution in [3.63, 3.8) is 0 Å². The molecule has 0 amide bonds. The lowest BCUT2D eigenvalue weighted by Crippen LogP contribution is -2.40. The summed E-state index contributed by atoms with van der Waals surface area (Å²) >= 11 is 0. The van der Waals surface area contributed by atoms with Crippen molar-refractivity contribution in [2.45, 2.75) is 95.9 Å². The molecule has 0 aliphatic rings. The first-order valence-electron chi connectivity index (χ1n) is 9.03. The smallest absolute Gasteiger partial charge is 0.103 e. The van der Waals surface area contributed by atoms with Gasteiger partial charge >= 0.3 is 0 Å². The summed E-state index contributed by atoms with van der Waals surface area (Å²) in [5, 5.41) is 18.8. The third-order valence-corrected chi connectivity index (χ3v) is 3.96. The summed E-state index contributed by atoms with van der Waals surface area (Å²) < 4.78 is 5.48. The van der Waals surface area contributed by atoms with Crippen molar-refractivity contribution in [3.05, 3.63) is 0 Å². The highest BCUT2D eigenvalue weighted by atomic mass is 16.5. The van der Waals surface area contributed by atoms with E-state index in [9.17, 15) is 5.11 Å². The number of hydrogen-bond donors (Lipinski definition) is 4. The molecular weight excluding hydrogens is 280 g/mol. The predicted octanol–water partition coefficient (Wildman–Crippen LogP) is 2.28. The molecule has 0 radical (unpaired) electrons. The number of unbranched alkanes of at least 4 members (excludes halogenated alkanes) is 9. The average molecular weight is 319 g/mol. The number of hydrogen-bond acceptors (Lipinski definition) is 5. The number of nitrogens with two attached hydrogens (primary N) is 2. The number of aliphatic hydroxyl groups excluding tert-OH is 2. The standard InChI is InChI=1S/C17H38N2O3/c1-2-3-4-5-6-7-8-9-10-11-12-16(15(21)13-20)22-14-17(18)19/h15-17,20-21H,2-14,18-19H2,1H3. The van der Waals surface area contributed by atoms with Gasteiger partial charge in [-0.2, -0.15) is 0 Å². The summed E-state index contributed by atoms with van der Waals surface area (Å²) in [6.45, 7) is 2.16. The Bertz CT molecular complexity index is 228. The van der Waals surface area contributed by atoms with Gasteiger partial charge in [-0.25, -0.2) is 0 Å². The normalized spacial score (nSPS) is 14.5. The lowest BCUT2D eigenvalue weighted by atomic mass is 10.0. The molecule has 2 atom stereocenters. The molecule has 0 saturated carbocycles. The molecule has 6 N–H and O–H groups in total. The number of aliphatic hydroxyl groups is 2. The van der Waals surface area contributed by atoms with E-state index < -0.39 is 12.3 Å². The monoisotopic (exact) mass is 318 g/mol. The maximum atomic E-state index is 9.72. The van der Waals surface area contributed by atoms with Crippen molar-refractivity contribution >= 4 is 0 Å². The zero-order chi connectivity index (χ0) is 16.6. The second kappa shape index (κ2) is 15.7. The zero-order valence-corrected chi connectivity index (χ0v) is 14.4. The fourth-order valence-electron chi connectivity index (χ4n) is 2.57. The van der Waals surface area contributed by atoms with Crippen LogP contribution in [0.15, 0.2) is 0 Å². The van der Waals surface area contributed by atoms with Crippen LogP contribution in [0.2, 0.25) is 0 Å². The van der Waals surface area contributed by atoms with Gasteiger partial charge in [-0.05, 0) is 6.42 Å². The minimum Gasteiger partial charge on any atom is -0.394 e. The van der Waals surface area contributed by atoms with Crippen molar-refractivity contribution in [2.75, 3.05) is 13.2 Å². The highest BCUT2D eigenvalue weighted by molar-refractivity contribution is 4.69. The fraction of sp³-hybridized carbons (Fsp3) is 1.00.